The van der Waals surface area contributed by atoms with Crippen molar-refractivity contribution in [1.29, 1.82) is 0 Å². The first-order chi connectivity index (χ1) is 14.1. The van der Waals surface area contributed by atoms with Crippen LogP contribution < -0.4 is 9.47 Å². The molecule has 1 saturated carbocycles. The summed E-state index contributed by atoms with van der Waals surface area (Å²) in [6.07, 6.45) is 12.4. The molecule has 1 aliphatic rings. The van der Waals surface area contributed by atoms with E-state index in [0.717, 1.165) is 51.4 Å². The molecule has 2 rings (SSSR count). The van der Waals surface area contributed by atoms with Crippen LogP contribution in [0.1, 0.15) is 90.9 Å². The van der Waals surface area contributed by atoms with E-state index in [-0.39, 0.29) is 17.4 Å². The van der Waals surface area contributed by atoms with Gasteiger partial charge in [0.25, 0.3) is 0 Å². The third-order valence-corrected chi connectivity index (χ3v) is 5.85. The van der Waals surface area contributed by atoms with Crippen LogP contribution in [-0.4, -0.2) is 12.6 Å². The van der Waals surface area contributed by atoms with Crippen LogP contribution in [0.5, 0.6) is 11.5 Å². The quantitative estimate of drug-likeness (QED) is 0.207. The van der Waals surface area contributed by atoms with Gasteiger partial charge in [-0.2, -0.15) is 8.78 Å². The second-order valence-electron chi connectivity index (χ2n) is 8.23. The summed E-state index contributed by atoms with van der Waals surface area (Å²) in [7, 11) is 0. The summed E-state index contributed by atoms with van der Waals surface area (Å²) in [5.41, 5.74) is 0. The largest absolute Gasteiger partial charge is 0.490 e. The van der Waals surface area contributed by atoms with Gasteiger partial charge in [-0.05, 0) is 50.2 Å². The highest BCUT2D eigenvalue weighted by Crippen LogP contribution is 2.34. The Balaban J connectivity index is 1.80. The second kappa shape index (κ2) is 12.8. The highest BCUT2D eigenvalue weighted by Gasteiger charge is 2.28. The van der Waals surface area contributed by atoms with Crippen LogP contribution in [0.25, 0.3) is 0 Å². The van der Waals surface area contributed by atoms with Crippen LogP contribution in [0, 0.1) is 23.5 Å². The molecule has 1 aliphatic carbocycles. The summed E-state index contributed by atoms with van der Waals surface area (Å²) in [5.74, 6) is -2.74. The van der Waals surface area contributed by atoms with Gasteiger partial charge in [0.2, 0.25) is 11.6 Å². The summed E-state index contributed by atoms with van der Waals surface area (Å²) < 4.78 is 39.2. The van der Waals surface area contributed by atoms with Crippen molar-refractivity contribution in [2.75, 3.05) is 6.61 Å². The van der Waals surface area contributed by atoms with Gasteiger partial charge < -0.3 is 9.47 Å². The number of ether oxygens (including phenoxy) is 2. The zero-order valence-electron chi connectivity index (χ0n) is 18.0. The number of carbonyl (C=O) groups excluding carboxylic acids is 1. The Hall–Kier alpha value is -1.65. The smallest absolute Gasteiger partial charge is 0.314 e. The minimum atomic E-state index is -1.15. The fourth-order valence-corrected chi connectivity index (χ4v) is 4.06. The SMILES string of the molecule is CCCCCCCCOc1ccc(OC(=O)[C@H]2CC[C@H](CCC)CC2)c(F)c1F. The van der Waals surface area contributed by atoms with E-state index >= 15 is 0 Å². The number of benzene rings is 1. The minimum Gasteiger partial charge on any atom is -0.490 e. The van der Waals surface area contributed by atoms with E-state index in [1.807, 2.05) is 0 Å². The maximum absolute atomic E-state index is 14.3. The van der Waals surface area contributed by atoms with Crippen LogP contribution in [0.4, 0.5) is 8.78 Å². The Morgan fingerprint density at radius 1 is 0.897 bits per heavy atom. The number of rotatable bonds is 12. The molecule has 0 heterocycles. The fourth-order valence-electron chi connectivity index (χ4n) is 4.06. The number of hydrogen-bond acceptors (Lipinski definition) is 3. The van der Waals surface area contributed by atoms with Crippen LogP contribution in [0.3, 0.4) is 0 Å². The molecule has 164 valence electrons. The van der Waals surface area contributed by atoms with Gasteiger partial charge in [0.1, 0.15) is 0 Å². The molecule has 0 spiro atoms. The van der Waals surface area contributed by atoms with E-state index in [1.165, 1.54) is 37.8 Å². The van der Waals surface area contributed by atoms with Crippen molar-refractivity contribution >= 4 is 5.97 Å². The third kappa shape index (κ3) is 7.60. The Bertz CT molecular complexity index is 625. The predicted molar refractivity (Wildman–Crippen MR) is 111 cm³/mol. The van der Waals surface area contributed by atoms with Crippen LogP contribution >= 0.6 is 0 Å². The van der Waals surface area contributed by atoms with Crippen molar-refractivity contribution in [3.05, 3.63) is 23.8 Å². The molecule has 0 aliphatic heterocycles. The molecular formula is C24H36F2O3. The summed E-state index contributed by atoms with van der Waals surface area (Å²) in [5, 5.41) is 0. The van der Waals surface area contributed by atoms with Crippen molar-refractivity contribution in [2.45, 2.75) is 90.9 Å². The third-order valence-electron chi connectivity index (χ3n) is 5.85. The highest BCUT2D eigenvalue weighted by atomic mass is 19.2. The maximum Gasteiger partial charge on any atom is 0.314 e. The van der Waals surface area contributed by atoms with E-state index in [0.29, 0.717) is 12.5 Å². The van der Waals surface area contributed by atoms with Gasteiger partial charge in [0.15, 0.2) is 11.5 Å². The lowest BCUT2D eigenvalue weighted by Gasteiger charge is -2.26. The number of halogens is 2. The molecule has 1 fully saturated rings. The predicted octanol–water partition coefficient (Wildman–Crippen LogP) is 7.22. The number of carbonyl (C=O) groups is 1. The zero-order chi connectivity index (χ0) is 21.1. The van der Waals surface area contributed by atoms with Crippen molar-refractivity contribution < 1.29 is 23.0 Å². The molecule has 0 bridgehead atoms. The molecule has 5 heteroatoms. The lowest BCUT2D eigenvalue weighted by Crippen LogP contribution is -2.26. The lowest BCUT2D eigenvalue weighted by molar-refractivity contribution is -0.140. The van der Waals surface area contributed by atoms with E-state index in [4.69, 9.17) is 9.47 Å². The standard InChI is InChI=1S/C24H36F2O3/c1-3-5-6-7-8-9-17-28-20-15-16-21(23(26)22(20)25)29-24(27)19-13-11-18(10-4-2)12-14-19/h15-16,18-19H,3-14,17H2,1-2H3/t18-,19-. The van der Waals surface area contributed by atoms with Crippen molar-refractivity contribution in [3.8, 4) is 11.5 Å². The van der Waals surface area contributed by atoms with Gasteiger partial charge in [-0.3, -0.25) is 4.79 Å². The van der Waals surface area contributed by atoms with Crippen LogP contribution in [0.2, 0.25) is 0 Å². The number of unbranched alkanes of at least 4 members (excludes halogenated alkanes) is 5. The van der Waals surface area contributed by atoms with Crippen LogP contribution in [-0.2, 0) is 4.79 Å². The molecule has 0 atom stereocenters. The molecule has 0 radical (unpaired) electrons. The Kier molecular flexibility index (Phi) is 10.4. The Morgan fingerprint density at radius 2 is 1.52 bits per heavy atom. The monoisotopic (exact) mass is 410 g/mol. The summed E-state index contributed by atoms with van der Waals surface area (Å²) in [6, 6.07) is 2.63. The summed E-state index contributed by atoms with van der Waals surface area (Å²) >= 11 is 0. The molecule has 0 unspecified atom stereocenters. The van der Waals surface area contributed by atoms with E-state index in [2.05, 4.69) is 13.8 Å². The van der Waals surface area contributed by atoms with E-state index < -0.39 is 17.6 Å². The van der Waals surface area contributed by atoms with Crippen molar-refractivity contribution in [2.24, 2.45) is 11.8 Å². The average Bonchev–Trinajstić information content (AvgIpc) is 2.73. The minimum absolute atomic E-state index is 0.129. The highest BCUT2D eigenvalue weighted by molar-refractivity contribution is 5.75. The summed E-state index contributed by atoms with van der Waals surface area (Å²) in [4.78, 5) is 12.4. The Morgan fingerprint density at radius 3 is 2.21 bits per heavy atom. The molecule has 1 aromatic rings. The van der Waals surface area contributed by atoms with Gasteiger partial charge in [0, 0.05) is 0 Å². The molecule has 0 saturated heterocycles. The lowest BCUT2D eigenvalue weighted by atomic mass is 9.80. The Labute approximate surface area is 174 Å². The molecular weight excluding hydrogens is 374 g/mol. The number of esters is 1. The van der Waals surface area contributed by atoms with Gasteiger partial charge in [-0.25, -0.2) is 0 Å². The first-order valence-corrected chi connectivity index (χ1v) is 11.4. The van der Waals surface area contributed by atoms with Gasteiger partial charge in [-0.15, -0.1) is 0 Å². The molecule has 29 heavy (non-hydrogen) atoms. The van der Waals surface area contributed by atoms with Crippen LogP contribution in [0.15, 0.2) is 12.1 Å². The molecule has 1 aromatic carbocycles. The van der Waals surface area contributed by atoms with Gasteiger partial charge in [0.05, 0.1) is 12.5 Å². The fraction of sp³-hybridized carbons (Fsp3) is 0.708. The van der Waals surface area contributed by atoms with Crippen molar-refractivity contribution in [3.63, 3.8) is 0 Å². The van der Waals surface area contributed by atoms with Crippen molar-refractivity contribution in [1.82, 2.24) is 0 Å². The molecule has 3 nitrogen and oxygen atoms in total. The first-order valence-electron chi connectivity index (χ1n) is 11.4. The first kappa shape index (κ1) is 23.6. The molecule has 0 aromatic heterocycles. The topological polar surface area (TPSA) is 35.5 Å². The second-order valence-corrected chi connectivity index (χ2v) is 8.23. The molecule has 0 N–H and O–H groups in total. The average molecular weight is 411 g/mol. The maximum atomic E-state index is 14.3. The van der Waals surface area contributed by atoms with Gasteiger partial charge in [-0.1, -0.05) is 58.8 Å². The van der Waals surface area contributed by atoms with Gasteiger partial charge >= 0.3 is 5.97 Å². The van der Waals surface area contributed by atoms with E-state index in [1.54, 1.807) is 0 Å². The number of hydrogen-bond donors (Lipinski definition) is 0. The molecule has 0 amide bonds. The summed E-state index contributed by atoms with van der Waals surface area (Å²) in [6.45, 7) is 4.68. The normalized spacial score (nSPS) is 19.2. The zero-order valence-corrected chi connectivity index (χ0v) is 18.0. The van der Waals surface area contributed by atoms with E-state index in [9.17, 15) is 13.6 Å².